The number of hydrogen-bond acceptors (Lipinski definition) is 26. The van der Waals surface area contributed by atoms with E-state index in [0.717, 1.165) is 209 Å². The Bertz CT molecular complexity index is 4710. The van der Waals surface area contributed by atoms with E-state index in [2.05, 4.69) is 181 Å². The first kappa shape index (κ1) is 123. The number of aliphatic hydroxyl groups is 1. The topological polar surface area (TPSA) is 385 Å². The van der Waals surface area contributed by atoms with Gasteiger partial charge in [-0.1, -0.05) is 51.5 Å². The molecular formula is C102H177BBrN21O11PdSSi2. The van der Waals surface area contributed by atoms with Crippen molar-refractivity contribution in [1.82, 2.24) is 105 Å². The van der Waals surface area contributed by atoms with Crippen molar-refractivity contribution in [3.8, 4) is 0 Å². The van der Waals surface area contributed by atoms with Crippen molar-refractivity contribution < 1.29 is 74.3 Å². The molecule has 13 heterocycles. The van der Waals surface area contributed by atoms with Crippen LogP contribution in [-0.2, 0) is 90.0 Å². The van der Waals surface area contributed by atoms with Crippen LogP contribution in [0.15, 0.2) is 54.6 Å². The van der Waals surface area contributed by atoms with Gasteiger partial charge in [-0.05, 0) is 285 Å². The Hall–Kier alpha value is -5.81. The van der Waals surface area contributed by atoms with Gasteiger partial charge >= 0.3 is 39.7 Å². The minimum atomic E-state index is -1.17. The van der Waals surface area contributed by atoms with E-state index in [4.69, 9.17) is 43.7 Å². The third kappa shape index (κ3) is 38.2. The number of nitrogens with zero attached hydrogens (tertiary/aromatic N) is 17. The van der Waals surface area contributed by atoms with Crippen LogP contribution >= 0.6 is 28.1 Å². The predicted octanol–water partition coefficient (Wildman–Crippen LogP) is 16.6. The molecule has 5 saturated heterocycles. The van der Waals surface area contributed by atoms with E-state index in [-0.39, 0.29) is 65.8 Å². The minimum Gasteiger partial charge on any atom is -0.444 e. The Labute approximate surface area is 867 Å². The van der Waals surface area contributed by atoms with Crippen LogP contribution in [0.1, 0.15) is 197 Å². The second kappa shape index (κ2) is 59.9. The number of thiocarbonyl (C=S) groups is 1. The van der Waals surface area contributed by atoms with Gasteiger partial charge in [0.2, 0.25) is 0 Å². The molecule has 790 valence electrons. The number of aryl methyl sites for hydroxylation is 3. The zero-order valence-electron chi connectivity index (χ0n) is 88.4. The molecule has 8 aromatic rings. The number of aromatic nitrogens is 12. The average Bonchev–Trinajstić information content (AvgIpc) is 1.66. The first-order chi connectivity index (χ1) is 64.6. The predicted molar refractivity (Wildman–Crippen MR) is 577 cm³/mol. The zero-order valence-corrected chi connectivity index (χ0v) is 94.3. The molecule has 9 fully saturated rings. The molecule has 0 bridgehead atoms. The molecule has 0 radical (unpaired) electrons. The Kier molecular flexibility index (Phi) is 52.5. The van der Waals surface area contributed by atoms with E-state index in [9.17, 15) is 14.7 Å². The second-order valence-corrected chi connectivity index (χ2v) is 55.6. The molecular weight excluding hydrogens is 1980 g/mol. The van der Waals surface area contributed by atoms with Gasteiger partial charge in [0.05, 0.1) is 28.2 Å². The van der Waals surface area contributed by atoms with Crippen LogP contribution in [-0.4, -0.2) is 316 Å². The van der Waals surface area contributed by atoms with Crippen LogP contribution < -0.4 is 16.8 Å². The number of aromatic amines is 1. The number of carbonyl (C=O) groups is 2. The third-order valence-electron chi connectivity index (χ3n) is 28.2. The fourth-order valence-corrected chi connectivity index (χ4v) is 23.0. The van der Waals surface area contributed by atoms with Crippen LogP contribution in [0.25, 0.3) is 44.1 Å². The number of rotatable bonds is 23. The van der Waals surface area contributed by atoms with Crippen molar-refractivity contribution in [2.75, 3.05) is 131 Å². The summed E-state index contributed by atoms with van der Waals surface area (Å²) in [6.07, 6.45) is 41.7. The normalized spacial score (nSPS) is 21.8. The molecule has 4 aliphatic carbocycles. The maximum atomic E-state index is 12.4. The number of piperazine rings is 4. The largest absolute Gasteiger partial charge is 2.00 e. The van der Waals surface area contributed by atoms with Gasteiger partial charge in [0.25, 0.3) is 0 Å². The molecule has 0 spiro atoms. The second-order valence-electron chi connectivity index (χ2n) is 43.5. The summed E-state index contributed by atoms with van der Waals surface area (Å²) in [6.45, 7) is 54.3. The number of nitrogens with one attached hydrogen (secondary N) is 3. The molecule has 4 saturated carbocycles. The third-order valence-corrected chi connectivity index (χ3v) is 32.2. The van der Waals surface area contributed by atoms with Crippen molar-refractivity contribution in [3.63, 3.8) is 0 Å². The first-order valence-electron chi connectivity index (χ1n) is 50.8. The number of ether oxygens (including phenoxy) is 5. The SMILES string of the molecule is C1CCOC1.C=S.CB(O)O.CC(C)(C)OC(=O)N1CCN(C2CCC(Cc3ncnc4c3c(Br)cn4COCC[Si](C)(C)C)CC2)CC1.Cc1c[nH]c2ncnc(CC3CCC(N4CCNCC4)CC3)c12.Cc1cn(CO)c2ncnc(CC3CCC(N4CCNCC4)CC3)c12.Cc1cn(COCC[Si](C)(C)C)c2ncnc(CC3CCC(N4CCN(C(=O)OC(C)(C)C)CC4)CC3)c12.N.O.[CH3-].[CH3-].[Pd+2]. The van der Waals surface area contributed by atoms with Crippen molar-refractivity contribution in [3.05, 3.63) is 109 Å². The van der Waals surface area contributed by atoms with E-state index in [1.165, 1.54) is 188 Å². The number of halogens is 1. The summed E-state index contributed by atoms with van der Waals surface area (Å²) in [6, 6.07) is 5.16. The molecule has 0 atom stereocenters. The number of H-pyrrole nitrogens is 1. The van der Waals surface area contributed by atoms with Gasteiger partial charge in [-0.2, -0.15) is 0 Å². The van der Waals surface area contributed by atoms with Crippen LogP contribution in [0.2, 0.25) is 58.2 Å². The molecule has 0 aromatic carbocycles. The van der Waals surface area contributed by atoms with Crippen molar-refractivity contribution >= 4 is 114 Å². The zero-order chi connectivity index (χ0) is 97.0. The summed E-state index contributed by atoms with van der Waals surface area (Å²) in [7, 11) is -3.36. The van der Waals surface area contributed by atoms with Crippen LogP contribution in [0.4, 0.5) is 9.59 Å². The number of amides is 2. The van der Waals surface area contributed by atoms with Crippen LogP contribution in [0, 0.1) is 59.3 Å². The summed E-state index contributed by atoms with van der Waals surface area (Å²) in [5.41, 5.74) is 11.3. The molecule has 11 N–H and O–H groups in total. The maximum Gasteiger partial charge on any atom is 2.00 e. The fourth-order valence-electron chi connectivity index (χ4n) is 20.9. The first-order valence-corrected chi connectivity index (χ1v) is 59.5. The average molecular weight is 2160 g/mol. The van der Waals surface area contributed by atoms with Crippen LogP contribution in [0.3, 0.4) is 0 Å². The Balaban J connectivity index is 0.000000277. The number of hydrogen-bond donors (Lipinski definition) is 7. The fraction of sp³-hybridized carbons (Fsp3) is 0.716. The molecule has 32 nitrogen and oxygen atoms in total. The Morgan fingerprint density at radius 2 is 0.786 bits per heavy atom. The molecule has 5 aliphatic heterocycles. The van der Waals surface area contributed by atoms with E-state index >= 15 is 0 Å². The summed E-state index contributed by atoms with van der Waals surface area (Å²) in [5.74, 6) is 5.62. The standard InChI is InChI=1S/C29H49N5O3Si.C28H46BrN5O3Si.C19H29N5O.C18H27N5.C4H8O.CH5BO2.CH2S.2CH3.H3N.H2O.Pd/c1-22-19-34(21-36-16-17-38(5,6)7)27-26(22)25(30-20-31-27)18-23-8-10-24(11-9-23)32-12-14-33(15-13-32)28(35)37-29(2,3)4;1-28(2,3)37-27(35)33-13-11-32(12-14-33)22-9-7-21(8-10-22)17-24-25-23(29)18-34(26(25)31-19-30-24)20-36-15-16-38(4,5)6;1-14-11-24(13-25)19-18(14)17(21-12-22-19)10-15-2-4-16(5-3-15)23-8-6-20-7-9-23;1-13-11-20-18-17(13)16(21-12-22-18)10-14-2-4-15(5-3-14)23-8-6-19-7-9-23;1-2-4-5-3-1;1-2(3)4;1-2;;;;;/h19-20,23-24H,8-18,21H2,1-7H3;18-19,21-22H,7-17,20H2,1-6H3;11-12,15-16,20,25H,2-10,13H2,1H3;11-12,14-15,19H,2-10H2,1H3,(H,20,21,22);1-4H2;3-4H,1H3;1H2;3*1H3;1H2;/q;;;;;;;2*-1;;;+2. The minimum absolute atomic E-state index is 0. The van der Waals surface area contributed by atoms with Crippen molar-refractivity contribution in [1.29, 1.82) is 0 Å². The smallest absolute Gasteiger partial charge is 0.444 e. The molecule has 2 amide bonds. The Morgan fingerprint density at radius 1 is 0.479 bits per heavy atom. The van der Waals surface area contributed by atoms with Crippen molar-refractivity contribution in [2.24, 2.45) is 23.7 Å². The van der Waals surface area contributed by atoms with Gasteiger partial charge in [0.1, 0.15) is 79.3 Å². The summed E-state index contributed by atoms with van der Waals surface area (Å²) >= 11 is 7.61. The molecule has 140 heavy (non-hydrogen) atoms. The van der Waals surface area contributed by atoms with E-state index < -0.39 is 34.5 Å². The van der Waals surface area contributed by atoms with Gasteiger partial charge < -0.3 is 104 Å². The molecule has 17 rings (SSSR count). The number of aliphatic hydroxyl groups excluding tert-OH is 1. The van der Waals surface area contributed by atoms with E-state index in [1.807, 2.05) is 63.7 Å². The monoisotopic (exact) mass is 2160 g/mol. The quantitative estimate of drug-likeness (QED) is 0.0135. The van der Waals surface area contributed by atoms with Crippen LogP contribution in [0.5, 0.6) is 0 Å². The van der Waals surface area contributed by atoms with Gasteiger partial charge in [0.15, 0.2) is 0 Å². The molecule has 8 aromatic heterocycles. The Morgan fingerprint density at radius 3 is 1.11 bits per heavy atom. The summed E-state index contributed by atoms with van der Waals surface area (Å²) in [4.78, 5) is 78.9. The number of carbonyl (C=O) groups excluding carboxylic acids is 2. The summed E-state index contributed by atoms with van der Waals surface area (Å²) in [5, 5.41) is 36.4. The van der Waals surface area contributed by atoms with E-state index in [0.29, 0.717) is 43.3 Å². The van der Waals surface area contributed by atoms with Gasteiger partial charge in [-0.25, -0.2) is 49.5 Å². The molecule has 38 heteroatoms. The van der Waals surface area contributed by atoms with E-state index in [1.54, 1.807) is 29.9 Å². The van der Waals surface area contributed by atoms with Crippen molar-refractivity contribution in [2.45, 2.75) is 317 Å². The molecule has 0 unspecified atom stereocenters. The van der Waals surface area contributed by atoms with Gasteiger partial charge in [-0.15, -0.1) is 0 Å². The molecule has 9 aliphatic rings. The van der Waals surface area contributed by atoms with Gasteiger partial charge in [-0.3, -0.25) is 19.6 Å². The van der Waals surface area contributed by atoms with Gasteiger partial charge in [0, 0.05) is 217 Å². The summed E-state index contributed by atoms with van der Waals surface area (Å²) < 4.78 is 35.2. The maximum absolute atomic E-state index is 12.4. The number of fused-ring (bicyclic) bond motifs is 4.